The third-order valence-corrected chi connectivity index (χ3v) is 2.52. The summed E-state index contributed by atoms with van der Waals surface area (Å²) in [4.78, 5) is 13.0. The molecule has 0 aliphatic carbocycles. The fourth-order valence-corrected chi connectivity index (χ4v) is 1.56. The first-order valence-electron chi connectivity index (χ1n) is 5.14. The van der Waals surface area contributed by atoms with Crippen molar-refractivity contribution in [3.05, 3.63) is 35.9 Å². The monoisotopic (exact) mass is 242 g/mol. The second-order valence-electron chi connectivity index (χ2n) is 3.79. The highest BCUT2D eigenvalue weighted by Crippen LogP contribution is 2.15. The largest absolute Gasteiger partial charge is 0.344 e. The summed E-state index contributed by atoms with van der Waals surface area (Å²) >= 11 is 0. The van der Waals surface area contributed by atoms with Gasteiger partial charge in [0.1, 0.15) is 0 Å². The molecule has 1 amide bonds. The Hall–Kier alpha value is -1.06. The minimum atomic E-state index is -0.0159. The standard InChI is InChI=1S/C12H18N2O.ClH/c1-10(9-14(2)12(15)8-13)11-6-4-3-5-7-11;/h3-7,10H,8-9,13H2,1-2H3;1H. The van der Waals surface area contributed by atoms with Crippen LogP contribution in [0.1, 0.15) is 18.4 Å². The molecule has 0 radical (unpaired) electrons. The van der Waals surface area contributed by atoms with Crippen molar-refractivity contribution in [3.8, 4) is 0 Å². The van der Waals surface area contributed by atoms with Gasteiger partial charge in [0.25, 0.3) is 0 Å². The maximum absolute atomic E-state index is 11.3. The van der Waals surface area contributed by atoms with Crippen molar-refractivity contribution in [1.82, 2.24) is 4.90 Å². The Bertz CT molecular complexity index is 316. The average molecular weight is 243 g/mol. The van der Waals surface area contributed by atoms with Gasteiger partial charge in [0.05, 0.1) is 6.54 Å². The molecular weight excluding hydrogens is 224 g/mol. The van der Waals surface area contributed by atoms with Crippen molar-refractivity contribution in [3.63, 3.8) is 0 Å². The fraction of sp³-hybridized carbons (Fsp3) is 0.417. The summed E-state index contributed by atoms with van der Waals surface area (Å²) in [6.07, 6.45) is 0. The Kier molecular flexibility index (Phi) is 6.77. The van der Waals surface area contributed by atoms with Crippen LogP contribution in [0.4, 0.5) is 0 Å². The molecule has 0 spiro atoms. The Morgan fingerprint density at radius 2 is 1.94 bits per heavy atom. The maximum atomic E-state index is 11.3. The lowest BCUT2D eigenvalue weighted by Crippen LogP contribution is -2.35. The number of halogens is 1. The van der Waals surface area contributed by atoms with E-state index < -0.39 is 0 Å². The molecule has 90 valence electrons. The van der Waals surface area contributed by atoms with E-state index in [1.165, 1.54) is 5.56 Å². The third kappa shape index (κ3) is 4.21. The van der Waals surface area contributed by atoms with Gasteiger partial charge in [-0.05, 0) is 11.5 Å². The maximum Gasteiger partial charge on any atom is 0.236 e. The highest BCUT2D eigenvalue weighted by Gasteiger charge is 2.11. The van der Waals surface area contributed by atoms with E-state index in [9.17, 15) is 4.79 Å². The zero-order valence-corrected chi connectivity index (χ0v) is 10.5. The Balaban J connectivity index is 0.00000225. The fourth-order valence-electron chi connectivity index (χ4n) is 1.56. The highest BCUT2D eigenvalue weighted by molar-refractivity contribution is 5.85. The first-order valence-corrected chi connectivity index (χ1v) is 5.14. The molecule has 0 fully saturated rings. The van der Waals surface area contributed by atoms with Crippen molar-refractivity contribution in [2.75, 3.05) is 20.1 Å². The summed E-state index contributed by atoms with van der Waals surface area (Å²) in [5.41, 5.74) is 6.54. The number of amides is 1. The van der Waals surface area contributed by atoms with Gasteiger partial charge in [-0.25, -0.2) is 0 Å². The SMILES string of the molecule is CC(CN(C)C(=O)CN)c1ccccc1.Cl. The number of nitrogens with zero attached hydrogens (tertiary/aromatic N) is 1. The van der Waals surface area contributed by atoms with E-state index in [4.69, 9.17) is 5.73 Å². The van der Waals surface area contributed by atoms with Crippen LogP contribution in [0, 0.1) is 0 Å². The summed E-state index contributed by atoms with van der Waals surface area (Å²) in [5.74, 6) is 0.324. The molecule has 0 saturated carbocycles. The van der Waals surface area contributed by atoms with E-state index in [1.54, 1.807) is 11.9 Å². The molecule has 1 atom stereocenters. The van der Waals surface area contributed by atoms with Gasteiger partial charge >= 0.3 is 0 Å². The molecule has 0 aromatic heterocycles. The number of hydrogen-bond donors (Lipinski definition) is 1. The van der Waals surface area contributed by atoms with Crippen LogP contribution in [0.3, 0.4) is 0 Å². The second-order valence-corrected chi connectivity index (χ2v) is 3.79. The van der Waals surface area contributed by atoms with Crippen LogP contribution < -0.4 is 5.73 Å². The van der Waals surface area contributed by atoms with E-state index in [0.717, 1.165) is 0 Å². The number of hydrogen-bond acceptors (Lipinski definition) is 2. The van der Waals surface area contributed by atoms with Gasteiger partial charge in [-0.15, -0.1) is 12.4 Å². The molecule has 3 nitrogen and oxygen atoms in total. The van der Waals surface area contributed by atoms with E-state index in [0.29, 0.717) is 12.5 Å². The van der Waals surface area contributed by atoms with Gasteiger partial charge in [-0.2, -0.15) is 0 Å². The molecule has 0 aliphatic heterocycles. The van der Waals surface area contributed by atoms with Crippen LogP contribution in [0.5, 0.6) is 0 Å². The van der Waals surface area contributed by atoms with Crippen molar-refractivity contribution in [1.29, 1.82) is 0 Å². The van der Waals surface area contributed by atoms with Gasteiger partial charge in [-0.1, -0.05) is 37.3 Å². The molecular formula is C12H19ClN2O. The molecule has 4 heteroatoms. The number of likely N-dealkylation sites (N-methyl/N-ethyl adjacent to an activating group) is 1. The average Bonchev–Trinajstić information content (AvgIpc) is 2.29. The molecule has 0 saturated heterocycles. The topological polar surface area (TPSA) is 46.3 Å². The van der Waals surface area contributed by atoms with Crippen LogP contribution in [0.25, 0.3) is 0 Å². The number of rotatable bonds is 4. The summed E-state index contributed by atoms with van der Waals surface area (Å²) in [7, 11) is 1.79. The van der Waals surface area contributed by atoms with Crippen LogP contribution in [-0.2, 0) is 4.79 Å². The van der Waals surface area contributed by atoms with E-state index in [2.05, 4.69) is 19.1 Å². The van der Waals surface area contributed by atoms with Crippen molar-refractivity contribution in [2.45, 2.75) is 12.8 Å². The summed E-state index contributed by atoms with van der Waals surface area (Å²) in [5, 5.41) is 0. The molecule has 0 bridgehead atoms. The van der Waals surface area contributed by atoms with Gasteiger partial charge in [-0.3, -0.25) is 4.79 Å². The highest BCUT2D eigenvalue weighted by atomic mass is 35.5. The van der Waals surface area contributed by atoms with Crippen molar-refractivity contribution in [2.24, 2.45) is 5.73 Å². The third-order valence-electron chi connectivity index (χ3n) is 2.52. The smallest absolute Gasteiger partial charge is 0.236 e. The number of carbonyl (C=O) groups excluding carboxylic acids is 1. The molecule has 0 heterocycles. The quantitative estimate of drug-likeness (QED) is 0.873. The van der Waals surface area contributed by atoms with Crippen LogP contribution in [0.2, 0.25) is 0 Å². The van der Waals surface area contributed by atoms with Crippen molar-refractivity contribution < 1.29 is 4.79 Å². The first kappa shape index (κ1) is 14.9. The molecule has 2 N–H and O–H groups in total. The summed E-state index contributed by atoms with van der Waals surface area (Å²) in [6, 6.07) is 10.2. The predicted molar refractivity (Wildman–Crippen MR) is 68.8 cm³/mol. The predicted octanol–water partition coefficient (Wildman–Crippen LogP) is 1.63. The van der Waals surface area contributed by atoms with Gasteiger partial charge < -0.3 is 10.6 Å². The van der Waals surface area contributed by atoms with E-state index in [-0.39, 0.29) is 24.9 Å². The lowest BCUT2D eigenvalue weighted by molar-refractivity contribution is -0.128. The van der Waals surface area contributed by atoms with Crippen LogP contribution in [0.15, 0.2) is 30.3 Å². The summed E-state index contributed by atoms with van der Waals surface area (Å²) < 4.78 is 0. The zero-order valence-electron chi connectivity index (χ0n) is 9.72. The zero-order chi connectivity index (χ0) is 11.3. The molecule has 1 rings (SSSR count). The number of carbonyl (C=O) groups is 1. The minimum absolute atomic E-state index is 0. The van der Waals surface area contributed by atoms with Crippen molar-refractivity contribution >= 4 is 18.3 Å². The lowest BCUT2D eigenvalue weighted by atomic mass is 10.0. The van der Waals surface area contributed by atoms with E-state index in [1.807, 2.05) is 18.2 Å². The van der Waals surface area contributed by atoms with Gasteiger partial charge in [0.2, 0.25) is 5.91 Å². The van der Waals surface area contributed by atoms with Crippen LogP contribution in [-0.4, -0.2) is 30.9 Å². The minimum Gasteiger partial charge on any atom is -0.344 e. The lowest BCUT2D eigenvalue weighted by Gasteiger charge is -2.21. The Morgan fingerprint density at radius 1 is 1.38 bits per heavy atom. The van der Waals surface area contributed by atoms with E-state index >= 15 is 0 Å². The van der Waals surface area contributed by atoms with Gasteiger partial charge in [0.15, 0.2) is 0 Å². The number of nitrogens with two attached hydrogens (primary N) is 1. The first-order chi connectivity index (χ1) is 7.15. The normalized spacial score (nSPS) is 11.4. The van der Waals surface area contributed by atoms with Crippen LogP contribution >= 0.6 is 12.4 Å². The molecule has 1 aromatic carbocycles. The number of benzene rings is 1. The Labute approximate surface area is 103 Å². The molecule has 16 heavy (non-hydrogen) atoms. The second kappa shape index (κ2) is 7.25. The molecule has 1 aromatic rings. The molecule has 1 unspecified atom stereocenters. The summed E-state index contributed by atoms with van der Waals surface area (Å²) in [6.45, 7) is 2.90. The molecule has 0 aliphatic rings. The Morgan fingerprint density at radius 3 is 2.44 bits per heavy atom. The van der Waals surface area contributed by atoms with Gasteiger partial charge in [0, 0.05) is 13.6 Å².